The number of hydrogen-bond donors (Lipinski definition) is 4. The Morgan fingerprint density at radius 1 is 1.25 bits per heavy atom. The molecular weight excluding hydrogens is 480 g/mol. The second kappa shape index (κ2) is 11.3. The molecule has 36 heavy (non-hydrogen) atoms. The van der Waals surface area contributed by atoms with Gasteiger partial charge >= 0.3 is 0 Å². The monoisotopic (exact) mass is 524 g/mol. The van der Waals surface area contributed by atoms with Crippen molar-refractivity contribution in [3.05, 3.63) is 21.7 Å². The summed E-state index contributed by atoms with van der Waals surface area (Å²) in [5.41, 5.74) is 6.66. The lowest BCUT2D eigenvalue weighted by Crippen LogP contribution is -2.48. The zero-order chi connectivity index (χ0) is 27.0. The van der Waals surface area contributed by atoms with Gasteiger partial charge in [0.25, 0.3) is 0 Å². The first-order valence-electron chi connectivity index (χ1n) is 12.9. The SMILES string of the molecule is C/C(=C\c1csc(C)n1)[C@H]1O[C@H](O)C[C@H](O)C(C)(C)C(=O)[C@H](C)[C@@H](O)[C@@H](C)CCC[C@@]2(C)O[C@H]2C1N. The van der Waals surface area contributed by atoms with E-state index in [9.17, 15) is 20.1 Å². The Hall–Kier alpha value is -1.20. The summed E-state index contributed by atoms with van der Waals surface area (Å²) in [6.45, 7) is 12.8. The van der Waals surface area contributed by atoms with E-state index in [4.69, 9.17) is 15.2 Å². The topological polar surface area (TPSA) is 138 Å². The van der Waals surface area contributed by atoms with E-state index >= 15 is 0 Å². The van der Waals surface area contributed by atoms with Crippen LogP contribution in [-0.4, -0.2) is 68.4 Å². The minimum absolute atomic E-state index is 0.0901. The van der Waals surface area contributed by atoms with Gasteiger partial charge in [0, 0.05) is 23.1 Å². The van der Waals surface area contributed by atoms with Gasteiger partial charge in [-0.05, 0) is 51.2 Å². The van der Waals surface area contributed by atoms with Crippen molar-refractivity contribution in [1.82, 2.24) is 4.98 Å². The standard InChI is InChI=1S/C27H44N2O6S/c1-14-9-8-10-27(7)25(35-27)21(28)23(15(2)11-18-13-36-17(4)29-18)34-20(31)12-19(30)26(5,6)24(33)16(3)22(14)32/h11,13-14,16,19-23,25,30-32H,8-10,12,28H2,1-7H3/b15-11+/t14-,16+,19-,20-,21?,22-,23+,25-,27+/m0/s1. The fourth-order valence-electron chi connectivity index (χ4n) is 5.42. The molecule has 9 atom stereocenters. The molecule has 2 aliphatic heterocycles. The number of hydrogen-bond acceptors (Lipinski definition) is 9. The Morgan fingerprint density at radius 2 is 1.92 bits per heavy atom. The van der Waals surface area contributed by atoms with Crippen LogP contribution in [0.4, 0.5) is 0 Å². The average molecular weight is 525 g/mol. The molecule has 2 fully saturated rings. The molecule has 3 heterocycles. The molecule has 2 aliphatic rings. The molecule has 0 aromatic carbocycles. The number of ether oxygens (including phenoxy) is 2. The Morgan fingerprint density at radius 3 is 2.53 bits per heavy atom. The number of carbonyl (C=O) groups is 1. The van der Waals surface area contributed by atoms with Gasteiger partial charge in [-0.2, -0.15) is 0 Å². The summed E-state index contributed by atoms with van der Waals surface area (Å²) >= 11 is 1.55. The number of nitrogens with two attached hydrogens (primary N) is 1. The van der Waals surface area contributed by atoms with E-state index in [1.54, 1.807) is 32.1 Å². The van der Waals surface area contributed by atoms with Gasteiger partial charge < -0.3 is 30.5 Å². The molecule has 3 rings (SSSR count). The summed E-state index contributed by atoms with van der Waals surface area (Å²) < 4.78 is 12.1. The number of fused-ring (bicyclic) bond motifs is 1. The Balaban J connectivity index is 1.90. The van der Waals surface area contributed by atoms with Crippen molar-refractivity contribution >= 4 is 23.2 Å². The minimum atomic E-state index is -1.36. The Bertz CT molecular complexity index is 948. The molecule has 0 amide bonds. The van der Waals surface area contributed by atoms with Crippen molar-refractivity contribution in [2.24, 2.45) is 23.0 Å². The number of aromatic nitrogens is 1. The number of carbonyl (C=O) groups excluding carboxylic acids is 1. The third-order valence-corrected chi connectivity index (χ3v) is 8.93. The summed E-state index contributed by atoms with van der Waals surface area (Å²) in [5.74, 6) is -0.980. The number of aliphatic hydroxyl groups excluding tert-OH is 3. The lowest BCUT2D eigenvalue weighted by Gasteiger charge is -2.36. The van der Waals surface area contributed by atoms with E-state index in [1.165, 1.54) is 0 Å². The quantitative estimate of drug-likeness (QED) is 0.433. The number of thiazole rings is 1. The second-order valence-electron chi connectivity index (χ2n) is 11.6. The second-order valence-corrected chi connectivity index (χ2v) is 12.7. The molecule has 0 radical (unpaired) electrons. The summed E-state index contributed by atoms with van der Waals surface area (Å²) in [5, 5.41) is 35.6. The zero-order valence-electron chi connectivity index (χ0n) is 22.6. The molecule has 0 bridgehead atoms. The molecule has 0 spiro atoms. The number of aryl methyl sites for hydroxylation is 1. The molecule has 9 heteroatoms. The van der Waals surface area contributed by atoms with Crippen molar-refractivity contribution in [1.29, 1.82) is 0 Å². The Labute approximate surface area is 218 Å². The smallest absolute Gasteiger partial charge is 0.157 e. The van der Waals surface area contributed by atoms with Crippen LogP contribution in [0.2, 0.25) is 0 Å². The average Bonchev–Trinajstić information content (AvgIpc) is 3.31. The van der Waals surface area contributed by atoms with E-state index < -0.39 is 47.6 Å². The van der Waals surface area contributed by atoms with Crippen LogP contribution >= 0.6 is 11.3 Å². The van der Waals surface area contributed by atoms with Gasteiger partial charge in [-0.3, -0.25) is 4.79 Å². The molecule has 0 saturated carbocycles. The first-order chi connectivity index (χ1) is 16.7. The summed E-state index contributed by atoms with van der Waals surface area (Å²) in [4.78, 5) is 17.8. The van der Waals surface area contributed by atoms with E-state index in [2.05, 4.69) is 4.98 Å². The molecule has 1 unspecified atom stereocenters. The van der Waals surface area contributed by atoms with Crippen molar-refractivity contribution in [3.63, 3.8) is 0 Å². The maximum absolute atomic E-state index is 13.3. The van der Waals surface area contributed by atoms with Gasteiger partial charge in [-0.15, -0.1) is 11.3 Å². The summed E-state index contributed by atoms with van der Waals surface area (Å²) in [6.07, 6.45) is -0.260. The number of rotatable bonds is 2. The van der Waals surface area contributed by atoms with Crippen LogP contribution < -0.4 is 5.73 Å². The third-order valence-electron chi connectivity index (χ3n) is 8.14. The van der Waals surface area contributed by atoms with Gasteiger partial charge in [0.05, 0.1) is 40.7 Å². The van der Waals surface area contributed by atoms with Crippen LogP contribution in [0.1, 0.15) is 77.9 Å². The number of nitrogens with zero attached hydrogens (tertiary/aromatic N) is 1. The van der Waals surface area contributed by atoms with Crippen molar-refractivity contribution in [2.75, 3.05) is 0 Å². The fraction of sp³-hybridized carbons (Fsp3) is 0.778. The summed E-state index contributed by atoms with van der Waals surface area (Å²) in [7, 11) is 0. The van der Waals surface area contributed by atoms with E-state index in [0.29, 0.717) is 0 Å². The van der Waals surface area contributed by atoms with Gasteiger partial charge in [0.15, 0.2) is 6.29 Å². The van der Waals surface area contributed by atoms with Gasteiger partial charge in [0.2, 0.25) is 0 Å². The third kappa shape index (κ3) is 6.43. The predicted molar refractivity (Wildman–Crippen MR) is 140 cm³/mol. The molecule has 204 valence electrons. The lowest BCUT2D eigenvalue weighted by atomic mass is 9.73. The van der Waals surface area contributed by atoms with Gasteiger partial charge in [-0.25, -0.2) is 4.98 Å². The van der Waals surface area contributed by atoms with Crippen LogP contribution in [-0.2, 0) is 14.3 Å². The highest BCUT2D eigenvalue weighted by Gasteiger charge is 2.57. The van der Waals surface area contributed by atoms with E-state index in [-0.39, 0.29) is 24.2 Å². The highest BCUT2D eigenvalue weighted by atomic mass is 32.1. The first-order valence-corrected chi connectivity index (χ1v) is 13.8. The molecule has 0 aliphatic carbocycles. The van der Waals surface area contributed by atoms with Crippen LogP contribution in [0.3, 0.4) is 0 Å². The largest absolute Gasteiger partial charge is 0.392 e. The summed E-state index contributed by atoms with van der Waals surface area (Å²) in [6, 6.07) is -0.552. The van der Waals surface area contributed by atoms with E-state index in [0.717, 1.165) is 35.5 Å². The predicted octanol–water partition coefficient (Wildman–Crippen LogP) is 3.21. The van der Waals surface area contributed by atoms with Crippen LogP contribution in [0.25, 0.3) is 6.08 Å². The Kier molecular flexibility index (Phi) is 9.19. The normalized spacial score (nSPS) is 41.1. The van der Waals surface area contributed by atoms with Crippen molar-refractivity contribution in [2.45, 2.75) is 116 Å². The van der Waals surface area contributed by atoms with Crippen molar-refractivity contribution in [3.8, 4) is 0 Å². The zero-order valence-corrected chi connectivity index (χ0v) is 23.4. The van der Waals surface area contributed by atoms with Gasteiger partial charge in [0.1, 0.15) is 11.9 Å². The first kappa shape index (κ1) is 29.4. The van der Waals surface area contributed by atoms with E-state index in [1.807, 2.05) is 39.2 Å². The number of epoxide rings is 1. The molecule has 5 N–H and O–H groups in total. The molecule has 2 saturated heterocycles. The maximum atomic E-state index is 13.3. The number of ketones is 1. The highest BCUT2D eigenvalue weighted by Crippen LogP contribution is 2.44. The number of Topliss-reactive ketones (excluding diaryl/α,β-unsaturated/α-hetero) is 1. The maximum Gasteiger partial charge on any atom is 0.157 e. The molecular formula is C27H44N2O6S. The fourth-order valence-corrected chi connectivity index (χ4v) is 5.99. The van der Waals surface area contributed by atoms with Crippen LogP contribution in [0, 0.1) is 24.2 Å². The number of aliphatic hydroxyl groups is 3. The van der Waals surface area contributed by atoms with Crippen LogP contribution in [0.15, 0.2) is 11.0 Å². The van der Waals surface area contributed by atoms with Crippen molar-refractivity contribution < 1.29 is 29.6 Å². The van der Waals surface area contributed by atoms with Gasteiger partial charge in [-0.1, -0.05) is 34.1 Å². The lowest BCUT2D eigenvalue weighted by molar-refractivity contribution is -0.164. The molecule has 1 aromatic rings. The minimum Gasteiger partial charge on any atom is -0.392 e. The molecule has 8 nitrogen and oxygen atoms in total. The highest BCUT2D eigenvalue weighted by molar-refractivity contribution is 7.09. The van der Waals surface area contributed by atoms with Crippen LogP contribution in [0.5, 0.6) is 0 Å². The molecule has 1 aromatic heterocycles.